The molecule has 4 rings (SSSR count). The molecule has 4 aromatic rings. The number of benzene rings is 2. The second-order valence-corrected chi connectivity index (χ2v) is 5.92. The van der Waals surface area contributed by atoms with E-state index in [1.54, 1.807) is 36.4 Å². The topological polar surface area (TPSA) is 101 Å². The van der Waals surface area contributed by atoms with Crippen LogP contribution in [-0.2, 0) is 0 Å². The zero-order valence-corrected chi connectivity index (χ0v) is 13.7. The molecular formula is C20H13NO5. The number of rotatable bonds is 2. The lowest BCUT2D eigenvalue weighted by Gasteiger charge is -2.09. The Hall–Kier alpha value is -3.67. The number of hydrogen-bond acceptors (Lipinski definition) is 6. The van der Waals surface area contributed by atoms with E-state index in [9.17, 15) is 19.8 Å². The molecule has 0 atom stereocenters. The molecule has 0 aliphatic rings. The molecule has 0 unspecified atom stereocenters. The smallest absolute Gasteiger partial charge is 0.231 e. The number of carbonyl (C=O) groups excluding carboxylic acids is 1. The van der Waals surface area contributed by atoms with E-state index in [4.69, 9.17) is 4.42 Å². The highest BCUT2D eigenvalue weighted by Crippen LogP contribution is 2.35. The predicted octanol–water partition coefficient (Wildman–Crippen LogP) is 3.62. The fourth-order valence-corrected chi connectivity index (χ4v) is 2.90. The Morgan fingerprint density at radius 3 is 2.54 bits per heavy atom. The summed E-state index contributed by atoms with van der Waals surface area (Å²) >= 11 is 0. The lowest BCUT2D eigenvalue weighted by Crippen LogP contribution is -2.03. The average Bonchev–Trinajstić information content (AvgIpc) is 2.61. The maximum absolute atomic E-state index is 12.6. The second kappa shape index (κ2) is 5.70. The summed E-state index contributed by atoms with van der Waals surface area (Å²) in [5, 5.41) is 20.7. The van der Waals surface area contributed by atoms with Crippen LogP contribution in [0, 0.1) is 0 Å². The van der Waals surface area contributed by atoms with E-state index < -0.39 is 0 Å². The summed E-state index contributed by atoms with van der Waals surface area (Å²) in [5.74, 6) is -0.887. The minimum atomic E-state index is -0.345. The van der Waals surface area contributed by atoms with Crippen molar-refractivity contribution >= 4 is 27.9 Å². The summed E-state index contributed by atoms with van der Waals surface area (Å²) in [7, 11) is 0. The Balaban J connectivity index is 1.99. The Morgan fingerprint density at radius 1 is 1.00 bits per heavy atom. The van der Waals surface area contributed by atoms with Gasteiger partial charge in [0.25, 0.3) is 0 Å². The van der Waals surface area contributed by atoms with Gasteiger partial charge in [0.1, 0.15) is 17.1 Å². The van der Waals surface area contributed by atoms with Gasteiger partial charge in [-0.05, 0) is 37.3 Å². The van der Waals surface area contributed by atoms with Gasteiger partial charge >= 0.3 is 0 Å². The van der Waals surface area contributed by atoms with Gasteiger partial charge in [-0.3, -0.25) is 9.59 Å². The monoisotopic (exact) mass is 347 g/mol. The first kappa shape index (κ1) is 15.8. The molecule has 0 aliphatic carbocycles. The fraction of sp³-hybridized carbons (Fsp3) is 0.0500. The number of nitrogens with zero attached hydrogens (tertiary/aromatic N) is 1. The molecule has 6 heteroatoms. The lowest BCUT2D eigenvalue weighted by molar-refractivity contribution is 0.101. The van der Waals surface area contributed by atoms with E-state index in [2.05, 4.69) is 4.98 Å². The van der Waals surface area contributed by atoms with Crippen LogP contribution in [0.15, 0.2) is 57.7 Å². The van der Waals surface area contributed by atoms with Crippen LogP contribution < -0.4 is 5.43 Å². The van der Waals surface area contributed by atoms with Crippen LogP contribution in [0.25, 0.3) is 33.3 Å². The number of carbonyl (C=O) groups is 1. The highest BCUT2D eigenvalue weighted by Gasteiger charge is 2.16. The molecule has 2 aromatic carbocycles. The quantitative estimate of drug-likeness (QED) is 0.424. The third-order valence-corrected chi connectivity index (χ3v) is 4.21. The van der Waals surface area contributed by atoms with Crippen molar-refractivity contribution in [3.63, 3.8) is 0 Å². The highest BCUT2D eigenvalue weighted by molar-refractivity contribution is 5.99. The zero-order valence-electron chi connectivity index (χ0n) is 13.7. The number of hydrogen-bond donors (Lipinski definition) is 2. The number of aromatic hydroxyl groups is 2. The molecule has 0 radical (unpaired) electrons. The Kier molecular flexibility index (Phi) is 3.47. The van der Waals surface area contributed by atoms with Gasteiger partial charge in [-0.15, -0.1) is 0 Å². The number of fused-ring (bicyclic) bond motifs is 2. The molecular weight excluding hydrogens is 334 g/mol. The first-order valence-electron chi connectivity index (χ1n) is 7.85. The van der Waals surface area contributed by atoms with Gasteiger partial charge in [0.05, 0.1) is 22.0 Å². The normalized spacial score (nSPS) is 11.1. The van der Waals surface area contributed by atoms with Gasteiger partial charge in [0.15, 0.2) is 5.78 Å². The molecule has 0 aliphatic heterocycles. The van der Waals surface area contributed by atoms with Crippen molar-refractivity contribution in [2.24, 2.45) is 0 Å². The zero-order chi connectivity index (χ0) is 18.4. The summed E-state index contributed by atoms with van der Waals surface area (Å²) in [5.41, 5.74) is 0.985. The Bertz CT molecular complexity index is 1260. The van der Waals surface area contributed by atoms with E-state index in [0.29, 0.717) is 22.0 Å². The molecule has 0 bridgehead atoms. The number of ketones is 1. The highest BCUT2D eigenvalue weighted by atomic mass is 16.3. The van der Waals surface area contributed by atoms with Crippen molar-refractivity contribution in [2.75, 3.05) is 0 Å². The number of aromatic nitrogens is 1. The van der Waals surface area contributed by atoms with Crippen LogP contribution in [0.3, 0.4) is 0 Å². The molecule has 2 aromatic heterocycles. The first-order valence-corrected chi connectivity index (χ1v) is 7.85. The van der Waals surface area contributed by atoms with Crippen molar-refractivity contribution < 1.29 is 19.4 Å². The third kappa shape index (κ3) is 2.39. The van der Waals surface area contributed by atoms with Crippen LogP contribution in [0.1, 0.15) is 17.3 Å². The molecule has 6 nitrogen and oxygen atoms in total. The van der Waals surface area contributed by atoms with E-state index in [1.807, 2.05) is 0 Å². The molecule has 0 spiro atoms. The van der Waals surface area contributed by atoms with Crippen molar-refractivity contribution in [3.05, 3.63) is 64.3 Å². The van der Waals surface area contributed by atoms with Crippen LogP contribution in [0.5, 0.6) is 11.5 Å². The summed E-state index contributed by atoms with van der Waals surface area (Å²) in [6, 6.07) is 12.4. The standard InChI is InChI=1S/C20H13NO5/c1-10(22)13-8-14(17(24)9-16(13)23)15-7-6-12-19(25)11-4-2-3-5-18(11)26-20(12)21-15/h2-9,23-24H,1H3. The van der Waals surface area contributed by atoms with Gasteiger partial charge in [0.2, 0.25) is 11.1 Å². The Morgan fingerprint density at radius 2 is 1.77 bits per heavy atom. The van der Waals surface area contributed by atoms with E-state index in [1.165, 1.54) is 13.0 Å². The molecule has 128 valence electrons. The maximum Gasteiger partial charge on any atom is 0.231 e. The minimum absolute atomic E-state index is 0.0691. The van der Waals surface area contributed by atoms with Crippen LogP contribution in [-0.4, -0.2) is 21.0 Å². The number of para-hydroxylation sites is 1. The second-order valence-electron chi connectivity index (χ2n) is 5.92. The first-order chi connectivity index (χ1) is 12.5. The van der Waals surface area contributed by atoms with Crippen molar-refractivity contribution in [1.82, 2.24) is 4.98 Å². The van der Waals surface area contributed by atoms with Gasteiger partial charge in [-0.25, -0.2) is 4.98 Å². The molecule has 0 fully saturated rings. The average molecular weight is 347 g/mol. The van der Waals surface area contributed by atoms with Crippen LogP contribution in [0.4, 0.5) is 0 Å². The third-order valence-electron chi connectivity index (χ3n) is 4.21. The largest absolute Gasteiger partial charge is 0.507 e. The summed E-state index contributed by atoms with van der Waals surface area (Å²) < 4.78 is 5.72. The Labute approximate surface area is 147 Å². The van der Waals surface area contributed by atoms with Gasteiger partial charge in [0, 0.05) is 11.6 Å². The van der Waals surface area contributed by atoms with Crippen molar-refractivity contribution in [1.29, 1.82) is 0 Å². The number of Topliss-reactive ketones (excluding diaryl/α,β-unsaturated/α-hetero) is 1. The molecule has 0 amide bonds. The molecule has 0 saturated heterocycles. The minimum Gasteiger partial charge on any atom is -0.507 e. The van der Waals surface area contributed by atoms with Gasteiger partial charge < -0.3 is 14.6 Å². The lowest BCUT2D eigenvalue weighted by atomic mass is 10.0. The van der Waals surface area contributed by atoms with E-state index in [-0.39, 0.29) is 39.6 Å². The predicted molar refractivity (Wildman–Crippen MR) is 96.6 cm³/mol. The number of pyridine rings is 1. The van der Waals surface area contributed by atoms with Crippen molar-refractivity contribution in [3.8, 4) is 22.8 Å². The van der Waals surface area contributed by atoms with Crippen LogP contribution in [0.2, 0.25) is 0 Å². The van der Waals surface area contributed by atoms with E-state index in [0.717, 1.165) is 6.07 Å². The summed E-state index contributed by atoms with van der Waals surface area (Å²) in [4.78, 5) is 28.5. The fourth-order valence-electron chi connectivity index (χ4n) is 2.90. The van der Waals surface area contributed by atoms with Gasteiger partial charge in [-0.1, -0.05) is 12.1 Å². The van der Waals surface area contributed by atoms with Crippen molar-refractivity contribution in [2.45, 2.75) is 6.92 Å². The van der Waals surface area contributed by atoms with Gasteiger partial charge in [-0.2, -0.15) is 0 Å². The summed E-state index contributed by atoms with van der Waals surface area (Å²) in [6.45, 7) is 1.31. The maximum atomic E-state index is 12.6. The van der Waals surface area contributed by atoms with Crippen LogP contribution >= 0.6 is 0 Å². The molecule has 0 saturated carbocycles. The molecule has 2 heterocycles. The SMILES string of the molecule is CC(=O)c1cc(-c2ccc3c(=O)c4ccccc4oc3n2)c(O)cc1O. The summed E-state index contributed by atoms with van der Waals surface area (Å²) in [6.07, 6.45) is 0. The molecule has 26 heavy (non-hydrogen) atoms. The van der Waals surface area contributed by atoms with E-state index >= 15 is 0 Å². The molecule has 2 N–H and O–H groups in total. The number of phenolic OH excluding ortho intramolecular Hbond substituents is 2. The number of phenols is 2.